The van der Waals surface area contributed by atoms with E-state index in [-0.39, 0.29) is 12.5 Å². The summed E-state index contributed by atoms with van der Waals surface area (Å²) in [6.45, 7) is 5.03. The van der Waals surface area contributed by atoms with E-state index in [9.17, 15) is 5.11 Å². The van der Waals surface area contributed by atoms with Gasteiger partial charge in [0.25, 0.3) is 0 Å². The second kappa shape index (κ2) is 6.87. The molecule has 108 valence electrons. The molecule has 0 aliphatic heterocycles. The Hall–Kier alpha value is -0.650. The molecule has 1 aromatic heterocycles. The van der Waals surface area contributed by atoms with E-state index < -0.39 is 0 Å². The Morgan fingerprint density at radius 2 is 2.10 bits per heavy atom. The van der Waals surface area contributed by atoms with Crippen molar-refractivity contribution in [2.24, 2.45) is 0 Å². The Kier molecular flexibility index (Phi) is 5.41. The van der Waals surface area contributed by atoms with Crippen LogP contribution >= 0.6 is 31.9 Å². The fourth-order valence-electron chi connectivity index (χ4n) is 2.35. The lowest BCUT2D eigenvalue weighted by atomic mass is 9.95. The number of hydrogen-bond acceptors (Lipinski definition) is 2. The standard InChI is InChI=1S/C15H18Br2N2O/c1-3-19-14(15(17)10(2)18-19)8-12(9-20)11-5-4-6-13(16)7-11/h4-7,12,20H,3,8-9H2,1-2H3. The van der Waals surface area contributed by atoms with Gasteiger partial charge in [-0.3, -0.25) is 4.68 Å². The van der Waals surface area contributed by atoms with Gasteiger partial charge >= 0.3 is 0 Å². The molecule has 1 unspecified atom stereocenters. The Morgan fingerprint density at radius 1 is 1.35 bits per heavy atom. The molecule has 0 fully saturated rings. The third-order valence-corrected chi connectivity index (χ3v) is 4.96. The van der Waals surface area contributed by atoms with Crippen molar-refractivity contribution in [2.45, 2.75) is 32.7 Å². The first-order valence-electron chi connectivity index (χ1n) is 6.64. The lowest BCUT2D eigenvalue weighted by Gasteiger charge is -2.16. The highest BCUT2D eigenvalue weighted by Gasteiger charge is 2.18. The number of rotatable bonds is 5. The lowest BCUT2D eigenvalue weighted by Crippen LogP contribution is -2.12. The molecule has 0 aliphatic carbocycles. The number of aliphatic hydroxyl groups is 1. The van der Waals surface area contributed by atoms with Crippen LogP contribution in [0.25, 0.3) is 0 Å². The van der Waals surface area contributed by atoms with Crippen LogP contribution in [-0.4, -0.2) is 21.5 Å². The Morgan fingerprint density at radius 3 is 2.70 bits per heavy atom. The Balaban J connectivity index is 2.31. The minimum Gasteiger partial charge on any atom is -0.396 e. The molecule has 5 heteroatoms. The summed E-state index contributed by atoms with van der Waals surface area (Å²) in [5.41, 5.74) is 3.27. The molecule has 1 N–H and O–H groups in total. The molecule has 1 aromatic carbocycles. The molecule has 0 saturated heterocycles. The number of halogens is 2. The van der Waals surface area contributed by atoms with Gasteiger partial charge in [0.05, 0.1) is 22.5 Å². The molecule has 1 atom stereocenters. The van der Waals surface area contributed by atoms with Crippen molar-refractivity contribution in [1.29, 1.82) is 0 Å². The van der Waals surface area contributed by atoms with Gasteiger partial charge in [-0.15, -0.1) is 0 Å². The average Bonchev–Trinajstić information content (AvgIpc) is 2.71. The van der Waals surface area contributed by atoms with Crippen LogP contribution in [0.5, 0.6) is 0 Å². The maximum atomic E-state index is 9.73. The van der Waals surface area contributed by atoms with Crippen LogP contribution < -0.4 is 0 Å². The average molecular weight is 402 g/mol. The maximum absolute atomic E-state index is 9.73. The summed E-state index contributed by atoms with van der Waals surface area (Å²) >= 11 is 7.10. The second-order valence-electron chi connectivity index (χ2n) is 4.80. The van der Waals surface area contributed by atoms with E-state index in [2.05, 4.69) is 56.0 Å². The van der Waals surface area contributed by atoms with Crippen molar-refractivity contribution in [1.82, 2.24) is 9.78 Å². The summed E-state index contributed by atoms with van der Waals surface area (Å²) in [4.78, 5) is 0. The summed E-state index contributed by atoms with van der Waals surface area (Å²) in [5, 5.41) is 14.2. The molecular formula is C15H18Br2N2O. The number of aryl methyl sites for hydroxylation is 2. The van der Waals surface area contributed by atoms with Crippen LogP contribution in [0.2, 0.25) is 0 Å². The Labute approximate surface area is 136 Å². The number of aromatic nitrogens is 2. The number of hydrogen-bond donors (Lipinski definition) is 1. The van der Waals surface area contributed by atoms with E-state index in [1.807, 2.05) is 23.7 Å². The zero-order chi connectivity index (χ0) is 14.7. The van der Waals surface area contributed by atoms with Crippen LogP contribution in [0.1, 0.15) is 29.8 Å². The third-order valence-electron chi connectivity index (χ3n) is 3.43. The van der Waals surface area contributed by atoms with Gasteiger partial charge in [0, 0.05) is 16.9 Å². The predicted molar refractivity (Wildman–Crippen MR) is 88.0 cm³/mol. The zero-order valence-corrected chi connectivity index (χ0v) is 14.8. The topological polar surface area (TPSA) is 38.0 Å². The summed E-state index contributed by atoms with van der Waals surface area (Å²) < 4.78 is 4.08. The number of nitrogens with zero attached hydrogens (tertiary/aromatic N) is 2. The van der Waals surface area contributed by atoms with Crippen molar-refractivity contribution in [3.63, 3.8) is 0 Å². The largest absolute Gasteiger partial charge is 0.396 e. The number of benzene rings is 1. The minimum atomic E-state index is 0.0743. The third kappa shape index (κ3) is 3.32. The highest BCUT2D eigenvalue weighted by atomic mass is 79.9. The van der Waals surface area contributed by atoms with Crippen LogP contribution in [0.15, 0.2) is 33.2 Å². The molecule has 1 heterocycles. The van der Waals surface area contributed by atoms with E-state index in [1.165, 1.54) is 0 Å². The molecule has 2 aromatic rings. The van der Waals surface area contributed by atoms with E-state index in [0.717, 1.165) is 38.9 Å². The maximum Gasteiger partial charge on any atom is 0.0738 e. The zero-order valence-electron chi connectivity index (χ0n) is 11.6. The molecule has 20 heavy (non-hydrogen) atoms. The smallest absolute Gasteiger partial charge is 0.0738 e. The van der Waals surface area contributed by atoms with Gasteiger partial charge in [0.1, 0.15) is 0 Å². The first kappa shape index (κ1) is 15.7. The summed E-state index contributed by atoms with van der Waals surface area (Å²) in [6.07, 6.45) is 0.766. The van der Waals surface area contributed by atoms with Gasteiger partial charge in [0.15, 0.2) is 0 Å². The predicted octanol–water partition coefficient (Wildman–Crippen LogP) is 4.06. The van der Waals surface area contributed by atoms with Crippen molar-refractivity contribution in [3.8, 4) is 0 Å². The molecule has 0 bridgehead atoms. The second-order valence-corrected chi connectivity index (χ2v) is 6.51. The van der Waals surface area contributed by atoms with Gasteiger partial charge < -0.3 is 5.11 Å². The van der Waals surface area contributed by atoms with Gasteiger partial charge in [-0.05, 0) is 53.9 Å². The lowest BCUT2D eigenvalue weighted by molar-refractivity contribution is 0.262. The quantitative estimate of drug-likeness (QED) is 0.820. The molecule has 0 spiro atoms. The molecule has 2 rings (SSSR count). The molecule has 0 radical (unpaired) electrons. The normalized spacial score (nSPS) is 12.7. The monoisotopic (exact) mass is 400 g/mol. The van der Waals surface area contributed by atoms with Crippen LogP contribution in [0.3, 0.4) is 0 Å². The van der Waals surface area contributed by atoms with Crippen LogP contribution in [-0.2, 0) is 13.0 Å². The van der Waals surface area contributed by atoms with Crippen molar-refractivity contribution in [2.75, 3.05) is 6.61 Å². The molecule has 0 aliphatic rings. The fraction of sp³-hybridized carbons (Fsp3) is 0.400. The molecule has 0 amide bonds. The van der Waals surface area contributed by atoms with Crippen molar-refractivity contribution < 1.29 is 5.11 Å². The van der Waals surface area contributed by atoms with E-state index in [4.69, 9.17) is 0 Å². The van der Waals surface area contributed by atoms with Crippen molar-refractivity contribution in [3.05, 3.63) is 50.2 Å². The van der Waals surface area contributed by atoms with E-state index in [0.29, 0.717) is 0 Å². The van der Waals surface area contributed by atoms with Crippen LogP contribution in [0.4, 0.5) is 0 Å². The highest BCUT2D eigenvalue weighted by molar-refractivity contribution is 9.10. The van der Waals surface area contributed by atoms with Crippen LogP contribution in [0, 0.1) is 6.92 Å². The highest BCUT2D eigenvalue weighted by Crippen LogP contribution is 2.28. The fourth-order valence-corrected chi connectivity index (χ4v) is 3.21. The summed E-state index contributed by atoms with van der Waals surface area (Å²) in [7, 11) is 0. The van der Waals surface area contributed by atoms with Gasteiger partial charge in [0.2, 0.25) is 0 Å². The van der Waals surface area contributed by atoms with Gasteiger partial charge in [-0.25, -0.2) is 0 Å². The molecular weight excluding hydrogens is 384 g/mol. The summed E-state index contributed by atoms with van der Waals surface area (Å²) in [6, 6.07) is 8.11. The molecule has 3 nitrogen and oxygen atoms in total. The van der Waals surface area contributed by atoms with Gasteiger partial charge in [-0.2, -0.15) is 5.10 Å². The van der Waals surface area contributed by atoms with E-state index >= 15 is 0 Å². The molecule has 0 saturated carbocycles. The first-order chi connectivity index (χ1) is 9.56. The van der Waals surface area contributed by atoms with E-state index in [1.54, 1.807) is 0 Å². The Bertz CT molecular complexity index is 596. The minimum absolute atomic E-state index is 0.0743. The first-order valence-corrected chi connectivity index (χ1v) is 8.23. The SMILES string of the molecule is CCn1nc(C)c(Br)c1CC(CO)c1cccc(Br)c1. The van der Waals surface area contributed by atoms with Gasteiger partial charge in [-0.1, -0.05) is 28.1 Å². The van der Waals surface area contributed by atoms with Crippen molar-refractivity contribution >= 4 is 31.9 Å². The number of aliphatic hydroxyl groups excluding tert-OH is 1. The summed E-state index contributed by atoms with van der Waals surface area (Å²) in [5.74, 6) is 0.0743.